The zero-order chi connectivity index (χ0) is 34.3. The number of amides is 1. The highest BCUT2D eigenvalue weighted by Crippen LogP contribution is 2.53. The van der Waals surface area contributed by atoms with E-state index in [0.717, 1.165) is 17.2 Å². The van der Waals surface area contributed by atoms with E-state index in [0.29, 0.717) is 19.4 Å². The third-order valence-corrected chi connectivity index (χ3v) is 10.8. The Morgan fingerprint density at radius 1 is 1.04 bits per heavy atom. The van der Waals surface area contributed by atoms with Gasteiger partial charge in [-0.05, 0) is 80.6 Å². The molecule has 2 unspecified atom stereocenters. The summed E-state index contributed by atoms with van der Waals surface area (Å²) in [5.74, 6) is -13.4. The number of ketones is 4. The van der Waals surface area contributed by atoms with Gasteiger partial charge in [-0.25, -0.2) is 0 Å². The molecule has 2 aromatic carbocycles. The number of alkyl halides is 3. The van der Waals surface area contributed by atoms with E-state index in [4.69, 9.17) is 5.73 Å². The Morgan fingerprint density at radius 3 is 2.19 bits per heavy atom. The van der Waals surface area contributed by atoms with Crippen molar-refractivity contribution in [3.05, 3.63) is 63.7 Å². The van der Waals surface area contributed by atoms with Gasteiger partial charge in [0.1, 0.15) is 5.75 Å². The highest BCUT2D eigenvalue weighted by atomic mass is 19.4. The van der Waals surface area contributed by atoms with Crippen molar-refractivity contribution in [3.8, 4) is 5.75 Å². The molecule has 0 heterocycles. The quantitative estimate of drug-likeness (QED) is 0.395. The molecule has 2 saturated carbocycles. The number of benzene rings is 2. The maximum atomic E-state index is 15.0. The number of phenolic OH excluding ortho intramolecular Hbond substituents is 1. The number of carbonyl (C=O) groups is 5. The van der Waals surface area contributed by atoms with Gasteiger partial charge in [0.2, 0.25) is 5.91 Å². The largest absolute Gasteiger partial charge is 0.507 e. The molecule has 2 aromatic rings. The summed E-state index contributed by atoms with van der Waals surface area (Å²) in [7, 11) is 2.87. The van der Waals surface area contributed by atoms with Crippen LogP contribution < -0.4 is 5.73 Å². The summed E-state index contributed by atoms with van der Waals surface area (Å²) in [5.41, 5.74) is 2.21. The maximum absolute atomic E-state index is 15.0. The third kappa shape index (κ3) is 4.93. The molecule has 4 aliphatic rings. The second-order valence-corrected chi connectivity index (χ2v) is 13.5. The standard InChI is InChI=1S/C34H36F3N3O7/c1-4-40(19-9-15-7-5-6-8-16(15)10-19)14-18-13-22(41)24-20(26(18)34(35,36)37)11-17-12-21-27(39(2)3)29(43)25(32(38)46)31(45)33(21,47)30(44)23(17)28(24)42/h5-8,13,17,19,21,23,25,27,41,47H,4,9-12,14H2,1-3H3,(H2,38,46)/t17-,21-,23?,25?,27-,33-/m0/s1. The first-order valence-corrected chi connectivity index (χ1v) is 15.6. The Hall–Kier alpha value is -3.94. The maximum Gasteiger partial charge on any atom is 0.417 e. The fourth-order valence-corrected chi connectivity index (χ4v) is 8.73. The lowest BCUT2D eigenvalue weighted by Crippen LogP contribution is -2.74. The highest BCUT2D eigenvalue weighted by Gasteiger charge is 2.69. The number of aromatic hydroxyl groups is 1. The normalized spacial score (nSPS) is 29.2. The van der Waals surface area contributed by atoms with E-state index in [1.54, 1.807) is 0 Å². The number of likely N-dealkylation sites (N-methyl/N-ethyl adjacent to an activating group) is 2. The highest BCUT2D eigenvalue weighted by molar-refractivity contribution is 6.32. The molecule has 0 spiro atoms. The van der Waals surface area contributed by atoms with Gasteiger partial charge < -0.3 is 15.9 Å². The summed E-state index contributed by atoms with van der Waals surface area (Å²) in [5, 5.41) is 22.8. The summed E-state index contributed by atoms with van der Waals surface area (Å²) < 4.78 is 45.0. The number of carbonyl (C=O) groups excluding carboxylic acids is 5. The number of fused-ring (bicyclic) bond motifs is 4. The summed E-state index contributed by atoms with van der Waals surface area (Å²) in [6, 6.07) is 7.30. The van der Waals surface area contributed by atoms with Crippen molar-refractivity contribution >= 4 is 29.0 Å². The Bertz CT molecular complexity index is 1700. The van der Waals surface area contributed by atoms with Gasteiger partial charge >= 0.3 is 6.18 Å². The first-order valence-electron chi connectivity index (χ1n) is 15.6. The van der Waals surface area contributed by atoms with E-state index in [9.17, 15) is 34.2 Å². The molecule has 2 fully saturated rings. The van der Waals surface area contributed by atoms with Crippen LogP contribution >= 0.6 is 0 Å². The average molecular weight is 656 g/mol. The second-order valence-electron chi connectivity index (χ2n) is 13.5. The van der Waals surface area contributed by atoms with Crippen LogP contribution in [0.2, 0.25) is 0 Å². The number of hydrogen-bond donors (Lipinski definition) is 3. The number of nitrogens with two attached hydrogens (primary N) is 1. The lowest BCUT2D eigenvalue weighted by atomic mass is 9.52. The molecule has 4 aliphatic carbocycles. The molecule has 10 nitrogen and oxygen atoms in total. The number of phenols is 1. The monoisotopic (exact) mass is 655 g/mol. The fraction of sp³-hybridized carbons (Fsp3) is 0.500. The molecule has 47 heavy (non-hydrogen) atoms. The van der Waals surface area contributed by atoms with Crippen molar-refractivity contribution < 1.29 is 47.4 Å². The van der Waals surface area contributed by atoms with Crippen LogP contribution in [0.4, 0.5) is 13.2 Å². The predicted octanol–water partition coefficient (Wildman–Crippen LogP) is 1.88. The van der Waals surface area contributed by atoms with E-state index in [-0.39, 0.29) is 24.6 Å². The number of Topliss-reactive ketones (excluding diaryl/α,β-unsaturated/α-hetero) is 4. The smallest absolute Gasteiger partial charge is 0.417 e. The number of primary amides is 1. The number of rotatable bonds is 6. The Morgan fingerprint density at radius 2 is 1.66 bits per heavy atom. The van der Waals surface area contributed by atoms with Gasteiger partial charge in [-0.3, -0.25) is 33.8 Å². The molecule has 0 radical (unpaired) electrons. The van der Waals surface area contributed by atoms with Crippen molar-refractivity contribution in [2.45, 2.75) is 63.0 Å². The van der Waals surface area contributed by atoms with E-state index in [1.165, 1.54) is 19.0 Å². The Labute approximate surface area is 268 Å². The van der Waals surface area contributed by atoms with Gasteiger partial charge in [-0.15, -0.1) is 0 Å². The summed E-state index contributed by atoms with van der Waals surface area (Å²) in [4.78, 5) is 70.0. The molecule has 4 N–H and O–H groups in total. The van der Waals surface area contributed by atoms with Crippen molar-refractivity contribution in [1.29, 1.82) is 0 Å². The molecular formula is C34H36F3N3O7. The van der Waals surface area contributed by atoms with Crippen LogP contribution in [0.3, 0.4) is 0 Å². The lowest BCUT2D eigenvalue weighted by molar-refractivity contribution is -0.181. The number of halogens is 3. The second kappa shape index (κ2) is 11.3. The molecule has 13 heteroatoms. The van der Waals surface area contributed by atoms with Crippen LogP contribution in [0.5, 0.6) is 5.75 Å². The summed E-state index contributed by atoms with van der Waals surface area (Å²) in [6.45, 7) is 2.11. The Balaban J connectivity index is 1.42. The van der Waals surface area contributed by atoms with Gasteiger partial charge in [0.15, 0.2) is 34.7 Å². The first-order chi connectivity index (χ1) is 22.0. The number of aliphatic hydroxyl groups is 1. The first kappa shape index (κ1) is 33.0. The molecule has 0 aromatic heterocycles. The van der Waals surface area contributed by atoms with Crippen molar-refractivity contribution in [1.82, 2.24) is 9.80 Å². The molecular weight excluding hydrogens is 619 g/mol. The molecule has 0 bridgehead atoms. The van der Waals surface area contributed by atoms with Gasteiger partial charge in [-0.1, -0.05) is 31.2 Å². The molecule has 0 saturated heterocycles. The molecule has 1 amide bonds. The van der Waals surface area contributed by atoms with Gasteiger partial charge in [0.25, 0.3) is 0 Å². The van der Waals surface area contributed by atoms with Gasteiger partial charge in [0, 0.05) is 18.5 Å². The van der Waals surface area contributed by atoms with E-state index < -0.39 is 99.4 Å². The average Bonchev–Trinajstić information content (AvgIpc) is 3.40. The minimum Gasteiger partial charge on any atom is -0.507 e. The molecule has 250 valence electrons. The molecule has 0 aliphatic heterocycles. The number of hydrogen-bond acceptors (Lipinski definition) is 9. The van der Waals surface area contributed by atoms with Crippen LogP contribution in [0.25, 0.3) is 0 Å². The molecule has 6 atom stereocenters. The van der Waals surface area contributed by atoms with Gasteiger partial charge in [-0.2, -0.15) is 13.2 Å². The zero-order valence-electron chi connectivity index (χ0n) is 26.1. The minimum atomic E-state index is -4.94. The van der Waals surface area contributed by atoms with Crippen LogP contribution in [-0.4, -0.2) is 87.4 Å². The van der Waals surface area contributed by atoms with Crippen LogP contribution in [0, 0.1) is 23.7 Å². The van der Waals surface area contributed by atoms with Crippen molar-refractivity contribution in [2.75, 3.05) is 20.6 Å². The summed E-state index contributed by atoms with van der Waals surface area (Å²) >= 11 is 0. The summed E-state index contributed by atoms with van der Waals surface area (Å²) in [6.07, 6.45) is -4.44. The lowest BCUT2D eigenvalue weighted by Gasteiger charge is -2.52. The van der Waals surface area contributed by atoms with E-state index in [2.05, 4.69) is 0 Å². The van der Waals surface area contributed by atoms with Crippen molar-refractivity contribution in [3.63, 3.8) is 0 Å². The SMILES string of the molecule is CCN(Cc1cc(O)c2c(c1C(F)(F)F)C[C@H]1C[C@H]3[C@H](N(C)C)C(=O)C(C(N)=O)C(=O)[C@@]3(O)C(=O)C1C2=O)C1Cc2ccccc2C1. The van der Waals surface area contributed by atoms with Crippen LogP contribution in [0.15, 0.2) is 30.3 Å². The van der Waals surface area contributed by atoms with Crippen molar-refractivity contribution in [2.24, 2.45) is 29.4 Å². The zero-order valence-corrected chi connectivity index (χ0v) is 26.1. The van der Waals surface area contributed by atoms with Crippen LogP contribution in [-0.2, 0) is 51.2 Å². The van der Waals surface area contributed by atoms with E-state index in [1.807, 2.05) is 36.1 Å². The minimum absolute atomic E-state index is 0.0788. The molecule has 6 rings (SSSR count). The number of nitrogens with zero attached hydrogens (tertiary/aromatic N) is 2. The van der Waals surface area contributed by atoms with E-state index >= 15 is 13.2 Å². The predicted molar refractivity (Wildman–Crippen MR) is 160 cm³/mol. The van der Waals surface area contributed by atoms with Crippen LogP contribution in [0.1, 0.15) is 51.5 Å². The third-order valence-electron chi connectivity index (χ3n) is 10.8. The van der Waals surface area contributed by atoms with Gasteiger partial charge in [0.05, 0.1) is 23.1 Å². The Kier molecular flexibility index (Phi) is 7.96. The fourth-order valence-electron chi connectivity index (χ4n) is 8.73. The topological polar surface area (TPSA) is 158 Å².